The fourth-order valence-corrected chi connectivity index (χ4v) is 1.72. The number of hydrogen-bond acceptors (Lipinski definition) is 3. The van der Waals surface area contributed by atoms with E-state index in [1.807, 2.05) is 32.9 Å². The van der Waals surface area contributed by atoms with Gasteiger partial charge in [0.2, 0.25) is 5.91 Å². The highest BCUT2D eigenvalue weighted by atomic mass is 16.5. The lowest BCUT2D eigenvalue weighted by Gasteiger charge is -2.11. The molecule has 19 heavy (non-hydrogen) atoms. The standard InChI is InChI=1S/C15H23NO3/c1-11-6-12(2)8-14(7-11)19-5-4-15(18)16-9-13(3)10-17/h6-8,13,17H,4-5,9-10H2,1-3H3,(H,16,18). The highest BCUT2D eigenvalue weighted by Gasteiger charge is 2.05. The van der Waals surface area contributed by atoms with Gasteiger partial charge in [-0.25, -0.2) is 0 Å². The number of aryl methyl sites for hydroxylation is 2. The lowest BCUT2D eigenvalue weighted by Crippen LogP contribution is -2.30. The van der Waals surface area contributed by atoms with Crippen molar-refractivity contribution in [3.8, 4) is 5.75 Å². The zero-order valence-electron chi connectivity index (χ0n) is 11.9. The molecule has 0 radical (unpaired) electrons. The van der Waals surface area contributed by atoms with Crippen LogP contribution in [0, 0.1) is 19.8 Å². The van der Waals surface area contributed by atoms with E-state index in [1.54, 1.807) is 0 Å². The molecule has 1 rings (SSSR count). The van der Waals surface area contributed by atoms with Crippen LogP contribution in [-0.2, 0) is 4.79 Å². The third-order valence-electron chi connectivity index (χ3n) is 2.75. The molecule has 0 heterocycles. The van der Waals surface area contributed by atoms with Crippen LogP contribution in [0.2, 0.25) is 0 Å². The van der Waals surface area contributed by atoms with Gasteiger partial charge in [0.05, 0.1) is 13.0 Å². The van der Waals surface area contributed by atoms with Gasteiger partial charge in [0.1, 0.15) is 5.75 Å². The summed E-state index contributed by atoms with van der Waals surface area (Å²) in [6, 6.07) is 5.99. The second kappa shape index (κ2) is 7.79. The maximum absolute atomic E-state index is 11.5. The van der Waals surface area contributed by atoms with E-state index in [2.05, 4.69) is 11.4 Å². The molecule has 0 spiro atoms. The van der Waals surface area contributed by atoms with Crippen LogP contribution in [0.5, 0.6) is 5.75 Å². The molecule has 0 saturated heterocycles. The smallest absolute Gasteiger partial charge is 0.223 e. The van der Waals surface area contributed by atoms with Crippen molar-refractivity contribution in [3.05, 3.63) is 29.3 Å². The van der Waals surface area contributed by atoms with Gasteiger partial charge in [0.15, 0.2) is 0 Å². The van der Waals surface area contributed by atoms with Crippen LogP contribution < -0.4 is 10.1 Å². The average molecular weight is 265 g/mol. The van der Waals surface area contributed by atoms with E-state index < -0.39 is 0 Å². The Morgan fingerprint density at radius 1 is 1.32 bits per heavy atom. The van der Waals surface area contributed by atoms with Gasteiger partial charge in [-0.05, 0) is 43.0 Å². The summed E-state index contributed by atoms with van der Waals surface area (Å²) in [4.78, 5) is 11.5. The number of amides is 1. The second-order valence-corrected chi connectivity index (χ2v) is 5.01. The first kappa shape index (κ1) is 15.5. The molecule has 1 amide bonds. The molecule has 0 aliphatic rings. The number of nitrogens with one attached hydrogen (secondary N) is 1. The van der Waals surface area contributed by atoms with E-state index in [4.69, 9.17) is 9.84 Å². The van der Waals surface area contributed by atoms with Gasteiger partial charge in [-0.15, -0.1) is 0 Å². The Morgan fingerprint density at radius 2 is 1.95 bits per heavy atom. The van der Waals surface area contributed by atoms with Gasteiger partial charge in [-0.1, -0.05) is 13.0 Å². The minimum absolute atomic E-state index is 0.0512. The van der Waals surface area contributed by atoms with Gasteiger partial charge in [-0.3, -0.25) is 4.79 Å². The van der Waals surface area contributed by atoms with Crippen molar-refractivity contribution in [1.29, 1.82) is 0 Å². The van der Waals surface area contributed by atoms with Crippen LogP contribution >= 0.6 is 0 Å². The van der Waals surface area contributed by atoms with Gasteiger partial charge >= 0.3 is 0 Å². The third kappa shape index (κ3) is 6.25. The molecule has 0 saturated carbocycles. The zero-order chi connectivity index (χ0) is 14.3. The molecule has 1 aromatic carbocycles. The highest BCUT2D eigenvalue weighted by Crippen LogP contribution is 2.16. The largest absolute Gasteiger partial charge is 0.493 e. The molecule has 0 aromatic heterocycles. The maximum atomic E-state index is 11.5. The summed E-state index contributed by atoms with van der Waals surface area (Å²) >= 11 is 0. The summed E-state index contributed by atoms with van der Waals surface area (Å²) in [6.07, 6.45) is 0.325. The fourth-order valence-electron chi connectivity index (χ4n) is 1.72. The molecule has 4 heteroatoms. The Kier molecular flexibility index (Phi) is 6.36. The van der Waals surface area contributed by atoms with Crippen LogP contribution in [0.4, 0.5) is 0 Å². The Labute approximate surface area is 114 Å². The fraction of sp³-hybridized carbons (Fsp3) is 0.533. The number of hydrogen-bond donors (Lipinski definition) is 2. The number of aliphatic hydroxyl groups excluding tert-OH is 1. The Bertz CT molecular complexity index is 398. The monoisotopic (exact) mass is 265 g/mol. The van der Waals surface area contributed by atoms with Gasteiger partial charge in [0.25, 0.3) is 0 Å². The van der Waals surface area contributed by atoms with Crippen LogP contribution in [0.15, 0.2) is 18.2 Å². The number of benzene rings is 1. The molecule has 2 N–H and O–H groups in total. The normalized spacial score (nSPS) is 12.0. The van der Waals surface area contributed by atoms with Crippen molar-refractivity contribution in [1.82, 2.24) is 5.32 Å². The minimum Gasteiger partial charge on any atom is -0.493 e. The minimum atomic E-state index is -0.0512. The summed E-state index contributed by atoms with van der Waals surface area (Å²) in [5.41, 5.74) is 2.30. The van der Waals surface area contributed by atoms with Gasteiger partial charge in [-0.2, -0.15) is 0 Å². The van der Waals surface area contributed by atoms with Crippen LogP contribution in [0.1, 0.15) is 24.5 Å². The molecule has 106 valence electrons. The maximum Gasteiger partial charge on any atom is 0.223 e. The van der Waals surface area contributed by atoms with Gasteiger partial charge < -0.3 is 15.2 Å². The quantitative estimate of drug-likeness (QED) is 0.790. The SMILES string of the molecule is Cc1cc(C)cc(OCCC(=O)NCC(C)CO)c1. The number of carbonyl (C=O) groups is 1. The predicted molar refractivity (Wildman–Crippen MR) is 75.3 cm³/mol. The highest BCUT2D eigenvalue weighted by molar-refractivity contribution is 5.75. The summed E-state index contributed by atoms with van der Waals surface area (Å²) in [5.74, 6) is 0.836. The van der Waals surface area contributed by atoms with Crippen LogP contribution in [0.25, 0.3) is 0 Å². The first-order valence-electron chi connectivity index (χ1n) is 6.60. The lowest BCUT2D eigenvalue weighted by atomic mass is 10.1. The first-order valence-corrected chi connectivity index (χ1v) is 6.60. The van der Waals surface area contributed by atoms with Crippen molar-refractivity contribution < 1.29 is 14.6 Å². The molecule has 0 fully saturated rings. The molecule has 0 aliphatic heterocycles. The third-order valence-corrected chi connectivity index (χ3v) is 2.75. The number of rotatable bonds is 7. The van der Waals surface area contributed by atoms with Crippen molar-refractivity contribution in [2.75, 3.05) is 19.8 Å². The number of aliphatic hydroxyl groups is 1. The van der Waals surface area contributed by atoms with E-state index in [0.29, 0.717) is 19.6 Å². The summed E-state index contributed by atoms with van der Waals surface area (Å²) in [7, 11) is 0. The molecule has 0 bridgehead atoms. The van der Waals surface area contributed by atoms with Crippen molar-refractivity contribution in [2.24, 2.45) is 5.92 Å². The second-order valence-electron chi connectivity index (χ2n) is 5.01. The van der Waals surface area contributed by atoms with E-state index in [1.165, 1.54) is 0 Å². The molecule has 1 atom stereocenters. The first-order chi connectivity index (χ1) is 9.01. The van der Waals surface area contributed by atoms with Crippen LogP contribution in [-0.4, -0.2) is 30.8 Å². The molecule has 4 nitrogen and oxygen atoms in total. The van der Waals surface area contributed by atoms with Crippen molar-refractivity contribution >= 4 is 5.91 Å². The van der Waals surface area contributed by atoms with E-state index in [0.717, 1.165) is 16.9 Å². The molecule has 1 aromatic rings. The summed E-state index contributed by atoms with van der Waals surface area (Å²) in [6.45, 7) is 6.86. The Balaban J connectivity index is 2.28. The molecular weight excluding hydrogens is 242 g/mol. The predicted octanol–water partition coefficient (Wildman–Crippen LogP) is 1.82. The van der Waals surface area contributed by atoms with E-state index in [-0.39, 0.29) is 18.4 Å². The van der Waals surface area contributed by atoms with Crippen molar-refractivity contribution in [2.45, 2.75) is 27.2 Å². The molecular formula is C15H23NO3. The topological polar surface area (TPSA) is 58.6 Å². The molecule has 1 unspecified atom stereocenters. The average Bonchev–Trinajstić information content (AvgIpc) is 2.34. The van der Waals surface area contributed by atoms with Gasteiger partial charge in [0, 0.05) is 13.2 Å². The Morgan fingerprint density at radius 3 is 2.53 bits per heavy atom. The number of carbonyl (C=O) groups excluding carboxylic acids is 1. The Hall–Kier alpha value is -1.55. The van der Waals surface area contributed by atoms with E-state index >= 15 is 0 Å². The zero-order valence-corrected chi connectivity index (χ0v) is 11.9. The van der Waals surface area contributed by atoms with E-state index in [9.17, 15) is 4.79 Å². The summed E-state index contributed by atoms with van der Waals surface area (Å²) in [5, 5.41) is 11.6. The van der Waals surface area contributed by atoms with Crippen LogP contribution in [0.3, 0.4) is 0 Å². The van der Waals surface area contributed by atoms with Crippen molar-refractivity contribution in [3.63, 3.8) is 0 Å². The lowest BCUT2D eigenvalue weighted by molar-refractivity contribution is -0.121. The number of ether oxygens (including phenoxy) is 1. The summed E-state index contributed by atoms with van der Waals surface area (Å²) < 4.78 is 5.56. The molecule has 0 aliphatic carbocycles.